The number of aryl methyl sites for hydroxylation is 8. The third-order valence-corrected chi connectivity index (χ3v) is 27.6. The molecular formula is C110H148F4N12O10. The molecule has 16 rings (SSSR count). The first-order chi connectivity index (χ1) is 65.7. The van der Waals surface area contributed by atoms with Gasteiger partial charge in [-0.25, -0.2) is 37.5 Å². The highest BCUT2D eigenvalue weighted by molar-refractivity contribution is 5.77. The van der Waals surface area contributed by atoms with E-state index in [1.807, 2.05) is 58.3 Å². The lowest BCUT2D eigenvalue weighted by Crippen LogP contribution is -2.34. The second-order valence-electron chi connectivity index (χ2n) is 38.8. The molecule has 0 spiro atoms. The topological polar surface area (TPSA) is 265 Å². The quantitative estimate of drug-likeness (QED) is 0.0100. The first-order valence-electron chi connectivity index (χ1n) is 50.4. The number of carboxylic acids is 2. The molecular weight excluding hydrogens is 1730 g/mol. The van der Waals surface area contributed by atoms with Gasteiger partial charge in [0, 0.05) is 153 Å². The predicted octanol–water partition coefficient (Wildman–Crippen LogP) is 21.9. The van der Waals surface area contributed by atoms with E-state index in [1.165, 1.54) is 60.1 Å². The molecule has 0 saturated carbocycles. The van der Waals surface area contributed by atoms with Gasteiger partial charge in [-0.15, -0.1) is 0 Å². The summed E-state index contributed by atoms with van der Waals surface area (Å²) in [5.41, 5.74) is 14.5. The summed E-state index contributed by atoms with van der Waals surface area (Å²) >= 11 is 0. The number of unbranched alkanes of at least 4 members (excludes halogenated alkanes) is 6. The zero-order chi connectivity index (χ0) is 96.1. The Kier molecular flexibility index (Phi) is 38.9. The number of carbonyl (C=O) groups is 2. The number of aromatic nitrogens is 4. The zero-order valence-electron chi connectivity index (χ0n) is 81.1. The van der Waals surface area contributed by atoms with Crippen molar-refractivity contribution in [3.63, 3.8) is 0 Å². The van der Waals surface area contributed by atoms with E-state index in [2.05, 4.69) is 120 Å². The number of fused-ring (bicyclic) bond motifs is 4. The van der Waals surface area contributed by atoms with E-state index < -0.39 is 48.0 Å². The van der Waals surface area contributed by atoms with Crippen LogP contribution in [0.15, 0.2) is 170 Å². The van der Waals surface area contributed by atoms with Crippen LogP contribution in [0.1, 0.15) is 283 Å². The Hall–Kier alpha value is -9.90. The van der Waals surface area contributed by atoms with Crippen LogP contribution in [0, 0.1) is 0 Å². The Bertz CT molecular complexity index is 4850. The Morgan fingerprint density at radius 1 is 0.360 bits per heavy atom. The highest BCUT2D eigenvalue weighted by Crippen LogP contribution is 2.43. The molecule has 4 fully saturated rings. The van der Waals surface area contributed by atoms with Crippen molar-refractivity contribution < 1.29 is 66.5 Å². The van der Waals surface area contributed by atoms with Crippen LogP contribution < -0.4 is 21.3 Å². The molecule has 0 unspecified atom stereocenters. The summed E-state index contributed by atoms with van der Waals surface area (Å²) < 4.78 is 81.2. The minimum atomic E-state index is -2.99. The number of hydrogen-bond acceptors (Lipinski definition) is 20. The number of aliphatic hydroxyl groups excluding tert-OH is 2. The van der Waals surface area contributed by atoms with Crippen LogP contribution in [-0.4, -0.2) is 201 Å². The number of likely N-dealkylation sites (tertiary alicyclic amines) is 4. The van der Waals surface area contributed by atoms with Crippen molar-refractivity contribution in [1.82, 2.24) is 39.5 Å². The fraction of sp³-hybridized carbons (Fsp3) is 0.545. The Morgan fingerprint density at radius 2 is 0.610 bits per heavy atom. The van der Waals surface area contributed by atoms with Crippen LogP contribution in [0.25, 0.3) is 0 Å². The molecule has 0 radical (unpaired) electrons. The number of anilines is 4. The van der Waals surface area contributed by atoms with Crippen LogP contribution in [-0.2, 0) is 91.7 Å². The minimum absolute atomic E-state index is 0.0273. The maximum absolute atomic E-state index is 14.2. The third kappa shape index (κ3) is 29.6. The van der Waals surface area contributed by atoms with E-state index in [4.69, 9.17) is 38.9 Å². The van der Waals surface area contributed by atoms with Crippen molar-refractivity contribution in [2.45, 2.75) is 281 Å². The van der Waals surface area contributed by atoms with Gasteiger partial charge < -0.3 is 60.6 Å². The number of carboxylic acid groups (broad SMARTS) is 2. The summed E-state index contributed by atoms with van der Waals surface area (Å²) in [5, 5.41) is 54.2. The van der Waals surface area contributed by atoms with E-state index in [1.54, 1.807) is 36.4 Å². The van der Waals surface area contributed by atoms with Gasteiger partial charge in [-0.3, -0.25) is 29.2 Å². The van der Waals surface area contributed by atoms with Crippen molar-refractivity contribution in [2.24, 2.45) is 0 Å². The van der Waals surface area contributed by atoms with E-state index in [0.29, 0.717) is 76.8 Å². The average Bonchev–Trinajstić information content (AvgIpc) is 1.55. The highest BCUT2D eigenvalue weighted by Gasteiger charge is 2.41. The molecule has 4 aromatic carbocycles. The van der Waals surface area contributed by atoms with E-state index in [9.17, 15) is 47.6 Å². The molecule has 12 heterocycles. The van der Waals surface area contributed by atoms with Crippen LogP contribution in [0.3, 0.4) is 0 Å². The summed E-state index contributed by atoms with van der Waals surface area (Å²) in [6, 6.07) is 43.6. The molecule has 26 heteroatoms. The van der Waals surface area contributed by atoms with Gasteiger partial charge in [-0.05, 0) is 246 Å². The standard InChI is InChI=1S/2C28H37F2N3O2.2C27H37N3O3/c2*1-20(34)26(24-11-5-6-12-25(24)28(2,29)30)33-17-15-23(19-33)35-18-7-3-4-10-22-14-13-21-9-8-16-31-27(21)32-22;2*1-19(2)23-10-3-4-11-24(23)25(27(31)32)30-16-14-22(18-30)33-17-6-5-9-21-13-12-20-8-7-15-28-26(20)29-21/h2*5-6,11-14,23,26,34H,1,3-4,7-10,15-19H2,2H3,(H,31,32);2*3-4,10-13,19,22,25H,5-9,14-18H2,1-2H3,(H,28,29)(H,31,32)/t23-,26+;23-,26-;22-,25+;22-,25-/m1111/s1. The predicted molar refractivity (Wildman–Crippen MR) is 532 cm³/mol. The van der Waals surface area contributed by atoms with Crippen LogP contribution >= 0.6 is 0 Å². The van der Waals surface area contributed by atoms with Gasteiger partial charge in [-0.1, -0.05) is 175 Å². The zero-order valence-corrected chi connectivity index (χ0v) is 81.1. The van der Waals surface area contributed by atoms with Gasteiger partial charge in [0.05, 0.1) is 36.5 Å². The second kappa shape index (κ2) is 51.1. The Labute approximate surface area is 803 Å². The number of nitrogens with one attached hydrogen (secondary N) is 4. The van der Waals surface area contributed by atoms with Crippen LogP contribution in [0.5, 0.6) is 0 Å². The maximum atomic E-state index is 14.2. The summed E-state index contributed by atoms with van der Waals surface area (Å²) in [7, 11) is 0. The SMILES string of the molecule is C=C(O)[C@@H](c1ccccc1C(C)(F)F)N1CC[C@@H](OCCCCCc2ccc3c(n2)NCCC3)C1.C=C(O)[C@H](c1ccccc1C(C)(F)F)N1CC[C@@H](OCCCCCc2ccc3c(n2)NCCC3)C1.CC(C)c1ccccc1[C@@H](C(=O)O)N1CC[C@@H](OCCCCc2ccc3c(n2)NCCC3)C1.CC(C)c1ccccc1[C@H](C(=O)O)N1CC[C@@H](OCCCCc2ccc3c(n2)NCCC3)C1. The van der Waals surface area contributed by atoms with Gasteiger partial charge in [0.2, 0.25) is 0 Å². The molecule has 8 aromatic rings. The number of ether oxygens (including phenoxy) is 4. The number of benzene rings is 4. The van der Waals surface area contributed by atoms with Gasteiger partial charge in [0.15, 0.2) is 0 Å². The van der Waals surface area contributed by atoms with Gasteiger partial charge in [-0.2, -0.15) is 0 Å². The number of aliphatic hydroxyl groups is 2. The number of aliphatic carboxylic acids is 2. The third-order valence-electron chi connectivity index (χ3n) is 27.6. The molecule has 22 nitrogen and oxygen atoms in total. The van der Waals surface area contributed by atoms with Crippen molar-refractivity contribution in [1.29, 1.82) is 0 Å². The molecule has 0 aliphatic carbocycles. The number of pyridine rings is 4. The summed E-state index contributed by atoms with van der Waals surface area (Å²) in [6.07, 6.45) is 26.9. The van der Waals surface area contributed by atoms with Crippen molar-refractivity contribution >= 4 is 35.2 Å². The lowest BCUT2D eigenvalue weighted by Gasteiger charge is -2.30. The first kappa shape index (κ1) is 103. The van der Waals surface area contributed by atoms with Crippen molar-refractivity contribution in [2.75, 3.05) is 126 Å². The highest BCUT2D eigenvalue weighted by atomic mass is 19.3. The first-order valence-corrected chi connectivity index (χ1v) is 50.4. The summed E-state index contributed by atoms with van der Waals surface area (Å²) in [5.74, 6) is -2.98. The Morgan fingerprint density at radius 3 is 0.875 bits per heavy atom. The number of nitrogens with zero attached hydrogens (tertiary/aromatic N) is 8. The second-order valence-corrected chi connectivity index (χ2v) is 38.8. The lowest BCUT2D eigenvalue weighted by atomic mass is 9.92. The number of hydrogen-bond donors (Lipinski definition) is 8. The summed E-state index contributed by atoms with van der Waals surface area (Å²) in [4.78, 5) is 51.6. The fourth-order valence-corrected chi connectivity index (χ4v) is 20.5. The fourth-order valence-electron chi connectivity index (χ4n) is 20.5. The molecule has 736 valence electrons. The number of alkyl halides is 4. The van der Waals surface area contributed by atoms with Crippen molar-refractivity contribution in [3.8, 4) is 0 Å². The number of halogens is 4. The minimum Gasteiger partial charge on any atom is -0.511 e. The normalized spacial score (nSPS) is 19.3. The average molecular weight is 1870 g/mol. The number of rotatable bonds is 42. The maximum Gasteiger partial charge on any atom is 0.325 e. The Balaban J connectivity index is 0.000000153. The van der Waals surface area contributed by atoms with Crippen LogP contribution in [0.4, 0.5) is 40.8 Å². The smallest absolute Gasteiger partial charge is 0.325 e. The monoisotopic (exact) mass is 1870 g/mol. The molecule has 8 aliphatic heterocycles. The molecule has 8 aliphatic rings. The van der Waals surface area contributed by atoms with Gasteiger partial charge >= 0.3 is 11.9 Å². The van der Waals surface area contributed by atoms with Gasteiger partial charge in [0.25, 0.3) is 11.8 Å². The lowest BCUT2D eigenvalue weighted by molar-refractivity contribution is -0.144. The molecule has 8 atom stereocenters. The molecule has 8 N–H and O–H groups in total. The largest absolute Gasteiger partial charge is 0.511 e. The van der Waals surface area contributed by atoms with E-state index >= 15 is 0 Å². The molecule has 136 heavy (non-hydrogen) atoms. The van der Waals surface area contributed by atoms with E-state index in [0.717, 1.165) is 263 Å². The van der Waals surface area contributed by atoms with Crippen molar-refractivity contribution in [3.05, 3.63) is 260 Å². The summed E-state index contributed by atoms with van der Waals surface area (Å²) in [6.45, 7) is 29.7. The molecule has 4 aromatic heterocycles. The van der Waals surface area contributed by atoms with E-state index in [-0.39, 0.29) is 58.9 Å². The molecule has 4 saturated heterocycles. The van der Waals surface area contributed by atoms with Crippen LogP contribution in [0.2, 0.25) is 0 Å². The molecule has 0 bridgehead atoms. The molecule has 0 amide bonds. The van der Waals surface area contributed by atoms with Gasteiger partial charge in [0.1, 0.15) is 46.9 Å².